The summed E-state index contributed by atoms with van der Waals surface area (Å²) in [6.45, 7) is 6.97. The van der Waals surface area contributed by atoms with Gasteiger partial charge in [0.25, 0.3) is 0 Å². The molecule has 2 rings (SSSR count). The zero-order chi connectivity index (χ0) is 14.2. The third kappa shape index (κ3) is 4.08. The summed E-state index contributed by atoms with van der Waals surface area (Å²) < 4.78 is 0. The predicted octanol–water partition coefficient (Wildman–Crippen LogP) is 4.12. The van der Waals surface area contributed by atoms with E-state index in [1.807, 2.05) is 0 Å². The Kier molecular flexibility index (Phi) is 6.07. The number of benzene rings is 2. The molecule has 0 fully saturated rings. The van der Waals surface area contributed by atoms with Crippen LogP contribution in [0.4, 0.5) is 0 Å². The maximum Gasteiger partial charge on any atom is 0.102 e. The van der Waals surface area contributed by atoms with Crippen LogP contribution in [0.15, 0.2) is 42.5 Å². The Morgan fingerprint density at radius 1 is 1.00 bits per heavy atom. The highest BCUT2D eigenvalue weighted by Gasteiger charge is 2.08. The van der Waals surface area contributed by atoms with E-state index in [9.17, 15) is 0 Å². The van der Waals surface area contributed by atoms with Crippen molar-refractivity contribution in [2.45, 2.75) is 46.1 Å². The maximum atomic E-state index is 2.49. The molecular formula is C19H28N+. The molecule has 1 nitrogen and oxygen atoms in total. The fourth-order valence-electron chi connectivity index (χ4n) is 2.93. The topological polar surface area (TPSA) is 16.6 Å². The van der Waals surface area contributed by atoms with Crippen LogP contribution >= 0.6 is 0 Å². The lowest BCUT2D eigenvalue weighted by Crippen LogP contribution is -2.83. The largest absolute Gasteiger partial charge is 0.342 e. The van der Waals surface area contributed by atoms with E-state index >= 15 is 0 Å². The summed E-state index contributed by atoms with van der Waals surface area (Å²) in [6, 6.07) is 15.4. The van der Waals surface area contributed by atoms with E-state index in [4.69, 9.17) is 0 Å². The second-order valence-corrected chi connectivity index (χ2v) is 5.78. The van der Waals surface area contributed by atoms with Gasteiger partial charge in [-0.05, 0) is 23.6 Å². The molecule has 2 aromatic rings. The van der Waals surface area contributed by atoms with Gasteiger partial charge in [0, 0.05) is 11.5 Å². The van der Waals surface area contributed by atoms with Crippen molar-refractivity contribution in [2.75, 3.05) is 6.54 Å². The molecule has 0 radical (unpaired) electrons. The van der Waals surface area contributed by atoms with Gasteiger partial charge in [-0.15, -0.1) is 0 Å². The lowest BCUT2D eigenvalue weighted by molar-refractivity contribution is -0.676. The third-order valence-electron chi connectivity index (χ3n) is 4.29. The first kappa shape index (κ1) is 15.1. The van der Waals surface area contributed by atoms with Gasteiger partial charge < -0.3 is 5.32 Å². The Labute approximate surface area is 123 Å². The van der Waals surface area contributed by atoms with Crippen molar-refractivity contribution in [3.05, 3.63) is 48.0 Å². The zero-order valence-electron chi connectivity index (χ0n) is 12.9. The van der Waals surface area contributed by atoms with E-state index in [-0.39, 0.29) is 0 Å². The number of hydrogen-bond acceptors (Lipinski definition) is 0. The summed E-state index contributed by atoms with van der Waals surface area (Å²) in [5.41, 5.74) is 1.47. The molecule has 0 heterocycles. The van der Waals surface area contributed by atoms with Gasteiger partial charge >= 0.3 is 0 Å². The molecule has 0 aliphatic rings. The normalized spacial score (nSPS) is 12.7. The molecule has 2 N–H and O–H groups in total. The number of fused-ring (bicyclic) bond motifs is 1. The quantitative estimate of drug-likeness (QED) is 0.743. The first-order chi connectivity index (χ1) is 9.85. The molecule has 0 bridgehead atoms. The molecule has 0 aromatic heterocycles. The van der Waals surface area contributed by atoms with Gasteiger partial charge in [0.15, 0.2) is 0 Å². The lowest BCUT2D eigenvalue weighted by Gasteiger charge is -2.13. The average molecular weight is 270 g/mol. The van der Waals surface area contributed by atoms with Crippen LogP contribution in [-0.2, 0) is 6.54 Å². The van der Waals surface area contributed by atoms with Crippen LogP contribution in [-0.4, -0.2) is 6.54 Å². The highest BCUT2D eigenvalue weighted by Crippen LogP contribution is 2.17. The van der Waals surface area contributed by atoms with Crippen molar-refractivity contribution in [3.63, 3.8) is 0 Å². The van der Waals surface area contributed by atoms with Crippen LogP contribution in [0.2, 0.25) is 0 Å². The highest BCUT2D eigenvalue weighted by atomic mass is 14.9. The molecule has 2 aromatic carbocycles. The van der Waals surface area contributed by atoms with Gasteiger partial charge in [0.05, 0.1) is 6.54 Å². The minimum absolute atomic E-state index is 0.880. The van der Waals surface area contributed by atoms with Gasteiger partial charge in [0.1, 0.15) is 6.54 Å². The molecule has 0 aliphatic carbocycles. The van der Waals surface area contributed by atoms with Crippen molar-refractivity contribution in [3.8, 4) is 0 Å². The molecule has 0 saturated carbocycles. The molecule has 0 saturated heterocycles. The zero-order valence-corrected chi connectivity index (χ0v) is 12.9. The van der Waals surface area contributed by atoms with Crippen LogP contribution < -0.4 is 5.32 Å². The predicted molar refractivity (Wildman–Crippen MR) is 87.8 cm³/mol. The summed E-state index contributed by atoms with van der Waals surface area (Å²) in [5, 5.41) is 5.26. The second-order valence-electron chi connectivity index (χ2n) is 5.78. The summed E-state index contributed by atoms with van der Waals surface area (Å²) in [4.78, 5) is 0. The van der Waals surface area contributed by atoms with Gasteiger partial charge in [-0.1, -0.05) is 69.2 Å². The first-order valence-electron chi connectivity index (χ1n) is 8.13. The number of quaternary nitrogens is 1. The minimum Gasteiger partial charge on any atom is -0.342 e. The number of rotatable bonds is 8. The van der Waals surface area contributed by atoms with Crippen molar-refractivity contribution < 1.29 is 5.32 Å². The molecule has 0 aliphatic heterocycles. The van der Waals surface area contributed by atoms with E-state index in [2.05, 4.69) is 61.6 Å². The molecule has 20 heavy (non-hydrogen) atoms. The van der Waals surface area contributed by atoms with Crippen molar-refractivity contribution >= 4 is 10.8 Å². The van der Waals surface area contributed by atoms with Crippen LogP contribution in [0, 0.1) is 5.92 Å². The van der Waals surface area contributed by atoms with Crippen LogP contribution in [0.1, 0.15) is 45.1 Å². The van der Waals surface area contributed by atoms with Gasteiger partial charge in [-0.2, -0.15) is 0 Å². The van der Waals surface area contributed by atoms with Crippen molar-refractivity contribution in [1.29, 1.82) is 0 Å². The highest BCUT2D eigenvalue weighted by molar-refractivity contribution is 5.85. The van der Waals surface area contributed by atoms with Gasteiger partial charge in [-0.3, -0.25) is 0 Å². The number of hydrogen-bond donors (Lipinski definition) is 1. The summed E-state index contributed by atoms with van der Waals surface area (Å²) >= 11 is 0. The van der Waals surface area contributed by atoms with E-state index in [1.165, 1.54) is 48.6 Å². The average Bonchev–Trinajstić information content (AvgIpc) is 2.51. The minimum atomic E-state index is 0.880. The maximum absolute atomic E-state index is 2.49. The van der Waals surface area contributed by atoms with E-state index in [0.717, 1.165) is 12.5 Å². The van der Waals surface area contributed by atoms with Gasteiger partial charge in [-0.25, -0.2) is 0 Å². The molecule has 0 unspecified atom stereocenters. The standard InChI is InChI=1S/C19H27N/c1-3-5-9-16(4-2)14-20-15-18-12-8-11-17-10-6-7-13-19(17)18/h6-8,10-13,16,20H,3-5,9,14-15H2,1-2H3/p+1/t16-/m0/s1. The van der Waals surface area contributed by atoms with Crippen LogP contribution in [0.5, 0.6) is 0 Å². The van der Waals surface area contributed by atoms with Crippen molar-refractivity contribution in [1.82, 2.24) is 0 Å². The van der Waals surface area contributed by atoms with E-state index < -0.39 is 0 Å². The molecule has 0 spiro atoms. The Morgan fingerprint density at radius 2 is 1.80 bits per heavy atom. The van der Waals surface area contributed by atoms with Crippen LogP contribution in [0.25, 0.3) is 10.8 Å². The fraction of sp³-hybridized carbons (Fsp3) is 0.474. The Balaban J connectivity index is 1.92. The third-order valence-corrected chi connectivity index (χ3v) is 4.29. The second kappa shape index (κ2) is 8.06. The smallest absolute Gasteiger partial charge is 0.102 e. The van der Waals surface area contributed by atoms with E-state index in [1.54, 1.807) is 0 Å². The summed E-state index contributed by atoms with van der Waals surface area (Å²) in [6.07, 6.45) is 5.39. The Morgan fingerprint density at radius 3 is 2.60 bits per heavy atom. The van der Waals surface area contributed by atoms with Crippen molar-refractivity contribution in [2.24, 2.45) is 5.92 Å². The lowest BCUT2D eigenvalue weighted by atomic mass is 9.99. The summed E-state index contributed by atoms with van der Waals surface area (Å²) in [5.74, 6) is 0.880. The van der Waals surface area contributed by atoms with Gasteiger partial charge in [0.2, 0.25) is 0 Å². The molecule has 1 heteroatoms. The number of nitrogens with two attached hydrogens (primary N) is 1. The molecule has 0 amide bonds. The molecular weight excluding hydrogens is 242 g/mol. The number of unbranched alkanes of at least 4 members (excludes halogenated alkanes) is 1. The monoisotopic (exact) mass is 270 g/mol. The van der Waals surface area contributed by atoms with Crippen LogP contribution in [0.3, 0.4) is 0 Å². The Bertz CT molecular complexity index is 513. The fourth-order valence-corrected chi connectivity index (χ4v) is 2.93. The molecule has 1 atom stereocenters. The Hall–Kier alpha value is -1.34. The van der Waals surface area contributed by atoms with E-state index in [0.29, 0.717) is 0 Å². The first-order valence-corrected chi connectivity index (χ1v) is 8.13. The summed E-state index contributed by atoms with van der Waals surface area (Å²) in [7, 11) is 0. The SMILES string of the molecule is CCCC[C@H](CC)C[NH2+]Cc1cccc2ccccc12. The molecule has 108 valence electrons.